The van der Waals surface area contributed by atoms with Crippen molar-refractivity contribution in [1.29, 1.82) is 0 Å². The van der Waals surface area contributed by atoms with Gasteiger partial charge in [-0.25, -0.2) is 4.98 Å². The summed E-state index contributed by atoms with van der Waals surface area (Å²) in [6.07, 6.45) is 1.12. The minimum absolute atomic E-state index is 0.0750. The summed E-state index contributed by atoms with van der Waals surface area (Å²) in [7, 11) is 0. The Labute approximate surface area is 231 Å². The lowest BCUT2D eigenvalue weighted by molar-refractivity contribution is 0.0209. The molecule has 0 spiro atoms. The first-order valence-corrected chi connectivity index (χ1v) is 14.5. The van der Waals surface area contributed by atoms with E-state index in [1.54, 1.807) is 6.07 Å². The molecule has 39 heavy (non-hydrogen) atoms. The standard InChI is InChI=1S/C31H41N5O3/c1-31(2,3)22-9-7-21(8-10-22)30(38)36-19-25-24(26(25)20-36)17-32-29(37)27-5-4-6-28(33-27)35-12-11-23(18-35)34-13-15-39-16-14-34/h4-10,23-26H,11-20H2,1-3H3,(H,32,37). The van der Waals surface area contributed by atoms with Gasteiger partial charge in [0.05, 0.1) is 13.2 Å². The zero-order chi connectivity index (χ0) is 27.1. The van der Waals surface area contributed by atoms with Crippen LogP contribution in [0, 0.1) is 17.8 Å². The lowest BCUT2D eigenvalue weighted by Gasteiger charge is -2.32. The van der Waals surface area contributed by atoms with E-state index in [2.05, 4.69) is 48.0 Å². The van der Waals surface area contributed by atoms with Gasteiger partial charge in [0.2, 0.25) is 0 Å². The quantitative estimate of drug-likeness (QED) is 0.618. The summed E-state index contributed by atoms with van der Waals surface area (Å²) in [5, 5.41) is 3.12. The van der Waals surface area contributed by atoms with E-state index in [9.17, 15) is 9.59 Å². The van der Waals surface area contributed by atoms with Crippen LogP contribution in [0.5, 0.6) is 0 Å². The summed E-state index contributed by atoms with van der Waals surface area (Å²) in [6.45, 7) is 14.3. The minimum Gasteiger partial charge on any atom is -0.379 e. The van der Waals surface area contributed by atoms with Crippen LogP contribution in [0.15, 0.2) is 42.5 Å². The minimum atomic E-state index is -0.113. The Morgan fingerprint density at radius 1 is 0.974 bits per heavy atom. The lowest BCUT2D eigenvalue weighted by atomic mass is 9.86. The maximum Gasteiger partial charge on any atom is 0.269 e. The molecule has 3 unspecified atom stereocenters. The van der Waals surface area contributed by atoms with Crippen molar-refractivity contribution in [3.63, 3.8) is 0 Å². The third-order valence-electron chi connectivity index (χ3n) is 9.17. The number of hydrogen-bond donors (Lipinski definition) is 1. The molecule has 6 rings (SSSR count). The molecule has 8 nitrogen and oxygen atoms in total. The van der Waals surface area contributed by atoms with Gasteiger partial charge in [0.25, 0.3) is 11.8 Å². The van der Waals surface area contributed by atoms with Crippen molar-refractivity contribution < 1.29 is 14.3 Å². The highest BCUT2D eigenvalue weighted by atomic mass is 16.5. The molecule has 4 heterocycles. The Kier molecular flexibility index (Phi) is 7.10. The zero-order valence-corrected chi connectivity index (χ0v) is 23.4. The lowest BCUT2D eigenvalue weighted by Crippen LogP contribution is -2.44. The first-order chi connectivity index (χ1) is 18.8. The van der Waals surface area contributed by atoms with Crippen LogP contribution >= 0.6 is 0 Å². The van der Waals surface area contributed by atoms with Gasteiger partial charge < -0.3 is 19.9 Å². The molecule has 3 saturated heterocycles. The Morgan fingerprint density at radius 3 is 2.38 bits per heavy atom. The van der Waals surface area contributed by atoms with E-state index in [1.807, 2.05) is 29.2 Å². The molecule has 1 aromatic carbocycles. The highest BCUT2D eigenvalue weighted by molar-refractivity contribution is 5.94. The van der Waals surface area contributed by atoms with Crippen LogP contribution < -0.4 is 10.2 Å². The first-order valence-electron chi connectivity index (χ1n) is 14.5. The number of anilines is 1. The van der Waals surface area contributed by atoms with Crippen molar-refractivity contribution in [1.82, 2.24) is 20.1 Å². The van der Waals surface area contributed by atoms with E-state index in [0.717, 1.165) is 70.3 Å². The van der Waals surface area contributed by atoms with Crippen LogP contribution in [-0.2, 0) is 10.2 Å². The molecule has 4 fully saturated rings. The number of ether oxygens (including phenoxy) is 1. The molecule has 0 bridgehead atoms. The first kappa shape index (κ1) is 26.3. The Hall–Kier alpha value is -2.97. The topological polar surface area (TPSA) is 78.0 Å². The van der Waals surface area contributed by atoms with Crippen molar-refractivity contribution in [3.8, 4) is 0 Å². The maximum atomic E-state index is 13.0. The van der Waals surface area contributed by atoms with E-state index < -0.39 is 0 Å². The third kappa shape index (κ3) is 5.54. The normalized spacial score (nSPS) is 26.9. The van der Waals surface area contributed by atoms with Gasteiger partial charge in [-0.3, -0.25) is 14.5 Å². The number of pyridine rings is 1. The molecule has 8 heteroatoms. The van der Waals surface area contributed by atoms with E-state index in [-0.39, 0.29) is 17.2 Å². The number of nitrogens with zero attached hydrogens (tertiary/aromatic N) is 4. The number of piperidine rings is 1. The molecule has 1 saturated carbocycles. The molecule has 2 aromatic rings. The van der Waals surface area contributed by atoms with Gasteiger partial charge >= 0.3 is 0 Å². The largest absolute Gasteiger partial charge is 0.379 e. The zero-order valence-electron chi connectivity index (χ0n) is 23.4. The van der Waals surface area contributed by atoms with Crippen LogP contribution in [0.3, 0.4) is 0 Å². The summed E-state index contributed by atoms with van der Waals surface area (Å²) < 4.78 is 5.50. The second-order valence-corrected chi connectivity index (χ2v) is 12.7. The van der Waals surface area contributed by atoms with Gasteiger partial charge in [-0.15, -0.1) is 0 Å². The number of carbonyl (C=O) groups excluding carboxylic acids is 2. The highest BCUT2D eigenvalue weighted by Crippen LogP contribution is 2.51. The number of amides is 2. The van der Waals surface area contributed by atoms with E-state index >= 15 is 0 Å². The molecular formula is C31H41N5O3. The molecule has 1 aliphatic carbocycles. The maximum absolute atomic E-state index is 13.0. The molecular weight excluding hydrogens is 490 g/mol. The second-order valence-electron chi connectivity index (χ2n) is 12.7. The second kappa shape index (κ2) is 10.5. The number of fused-ring (bicyclic) bond motifs is 1. The summed E-state index contributed by atoms with van der Waals surface area (Å²) in [5.41, 5.74) is 2.54. The molecule has 3 atom stereocenters. The molecule has 0 radical (unpaired) electrons. The molecule has 4 aliphatic rings. The van der Waals surface area contributed by atoms with Crippen LogP contribution in [0.25, 0.3) is 0 Å². The van der Waals surface area contributed by atoms with Crippen LogP contribution in [0.2, 0.25) is 0 Å². The Morgan fingerprint density at radius 2 is 1.69 bits per heavy atom. The fourth-order valence-electron chi connectivity index (χ4n) is 6.63. The number of rotatable bonds is 6. The molecule has 1 N–H and O–H groups in total. The van der Waals surface area contributed by atoms with Crippen molar-refractivity contribution in [2.75, 3.05) is 63.9 Å². The highest BCUT2D eigenvalue weighted by Gasteiger charge is 2.56. The number of hydrogen-bond acceptors (Lipinski definition) is 6. The van der Waals surface area contributed by atoms with E-state index in [0.29, 0.717) is 36.0 Å². The molecule has 3 aliphatic heterocycles. The summed E-state index contributed by atoms with van der Waals surface area (Å²) >= 11 is 0. The van der Waals surface area contributed by atoms with Gasteiger partial charge in [0.15, 0.2) is 0 Å². The molecule has 208 valence electrons. The predicted octanol–water partition coefficient (Wildman–Crippen LogP) is 3.04. The number of likely N-dealkylation sites (tertiary alicyclic amines) is 1. The molecule has 2 amide bonds. The fraction of sp³-hybridized carbons (Fsp3) is 0.581. The molecule has 1 aromatic heterocycles. The number of carbonyl (C=O) groups is 2. The van der Waals surface area contributed by atoms with Gasteiger partial charge in [-0.1, -0.05) is 39.0 Å². The van der Waals surface area contributed by atoms with Gasteiger partial charge in [0.1, 0.15) is 11.5 Å². The Bertz CT molecular complexity index is 1190. The van der Waals surface area contributed by atoms with Crippen molar-refractivity contribution in [2.24, 2.45) is 17.8 Å². The third-order valence-corrected chi connectivity index (χ3v) is 9.17. The van der Waals surface area contributed by atoms with E-state index in [4.69, 9.17) is 9.72 Å². The van der Waals surface area contributed by atoms with Gasteiger partial charge in [-0.2, -0.15) is 0 Å². The SMILES string of the molecule is CC(C)(C)c1ccc(C(=O)N2CC3C(CNC(=O)c4cccc(N5CCC(N6CCOCC6)C5)n4)C3C2)cc1. The smallest absolute Gasteiger partial charge is 0.269 e. The van der Waals surface area contributed by atoms with Gasteiger partial charge in [0, 0.05) is 57.4 Å². The van der Waals surface area contributed by atoms with Crippen molar-refractivity contribution in [2.45, 2.75) is 38.6 Å². The number of aromatic nitrogens is 1. The monoisotopic (exact) mass is 531 g/mol. The summed E-state index contributed by atoms with van der Waals surface area (Å²) in [4.78, 5) is 37.5. The Balaban J connectivity index is 0.973. The summed E-state index contributed by atoms with van der Waals surface area (Å²) in [6, 6.07) is 14.3. The van der Waals surface area contributed by atoms with E-state index in [1.165, 1.54) is 5.56 Å². The van der Waals surface area contributed by atoms with Gasteiger partial charge in [-0.05, 0) is 59.4 Å². The number of morpholine rings is 1. The number of benzene rings is 1. The van der Waals surface area contributed by atoms with Crippen LogP contribution in [0.4, 0.5) is 5.82 Å². The average molecular weight is 532 g/mol. The van der Waals surface area contributed by atoms with Crippen molar-refractivity contribution >= 4 is 17.6 Å². The van der Waals surface area contributed by atoms with Crippen LogP contribution in [0.1, 0.15) is 53.6 Å². The fourth-order valence-corrected chi connectivity index (χ4v) is 6.63. The van der Waals surface area contributed by atoms with Crippen molar-refractivity contribution in [3.05, 3.63) is 59.3 Å². The summed E-state index contributed by atoms with van der Waals surface area (Å²) in [5.74, 6) is 2.28. The number of nitrogens with one attached hydrogen (secondary N) is 1. The average Bonchev–Trinajstić information content (AvgIpc) is 3.31. The predicted molar refractivity (Wildman–Crippen MR) is 151 cm³/mol. The van der Waals surface area contributed by atoms with Crippen LogP contribution in [-0.4, -0.2) is 91.7 Å².